The van der Waals surface area contributed by atoms with E-state index in [4.69, 9.17) is 4.74 Å². The van der Waals surface area contributed by atoms with Crippen molar-refractivity contribution in [2.45, 2.75) is 137 Å². The summed E-state index contributed by atoms with van der Waals surface area (Å²) in [5.74, 6) is 1.40. The number of allylic oxidation sites excluding steroid dienone is 2. The van der Waals surface area contributed by atoms with Crippen molar-refractivity contribution in [3.05, 3.63) is 12.2 Å². The quantitative estimate of drug-likeness (QED) is 0.105. The molecule has 0 aliphatic heterocycles. The second-order valence-corrected chi connectivity index (χ2v) is 10.0. The summed E-state index contributed by atoms with van der Waals surface area (Å²) in [4.78, 5) is 12.5. The summed E-state index contributed by atoms with van der Waals surface area (Å²) in [6, 6.07) is 0. The third kappa shape index (κ3) is 20.5. The molecule has 0 radical (unpaired) electrons. The number of hydrogen-bond donors (Lipinski definition) is 0. The molecule has 2 heteroatoms. The lowest BCUT2D eigenvalue weighted by Crippen LogP contribution is -2.19. The highest BCUT2D eigenvalue weighted by Crippen LogP contribution is 2.21. The Balaban J connectivity index is 3.80. The number of unbranched alkanes of at least 4 members (excludes halogenated alkanes) is 10. The van der Waals surface area contributed by atoms with Crippen molar-refractivity contribution in [1.82, 2.24) is 0 Å². The minimum atomic E-state index is 0.0499. The monoisotopic (exact) mass is 422 g/mol. The first-order valence-electron chi connectivity index (χ1n) is 13.3. The number of esters is 1. The summed E-state index contributed by atoms with van der Waals surface area (Å²) >= 11 is 0. The van der Waals surface area contributed by atoms with E-state index in [1.54, 1.807) is 0 Å². The van der Waals surface area contributed by atoms with E-state index in [1.165, 1.54) is 70.6 Å². The number of hydrogen-bond acceptors (Lipinski definition) is 2. The van der Waals surface area contributed by atoms with Crippen LogP contribution >= 0.6 is 0 Å². The van der Waals surface area contributed by atoms with Gasteiger partial charge in [-0.2, -0.15) is 0 Å². The van der Waals surface area contributed by atoms with Crippen molar-refractivity contribution in [3.63, 3.8) is 0 Å². The van der Waals surface area contributed by atoms with Gasteiger partial charge in [-0.25, -0.2) is 0 Å². The molecule has 0 rings (SSSR count). The van der Waals surface area contributed by atoms with Crippen LogP contribution in [0.25, 0.3) is 0 Å². The molecule has 0 aliphatic carbocycles. The number of rotatable bonds is 21. The van der Waals surface area contributed by atoms with Gasteiger partial charge in [-0.1, -0.05) is 105 Å². The zero-order chi connectivity index (χ0) is 22.5. The third-order valence-electron chi connectivity index (χ3n) is 5.93. The van der Waals surface area contributed by atoms with Crippen molar-refractivity contribution in [2.24, 2.45) is 17.8 Å². The van der Waals surface area contributed by atoms with Crippen LogP contribution in [0.15, 0.2) is 12.2 Å². The first kappa shape index (κ1) is 29.2. The molecule has 0 amide bonds. The van der Waals surface area contributed by atoms with Crippen molar-refractivity contribution in [3.8, 4) is 0 Å². The maximum Gasteiger partial charge on any atom is 0.308 e. The summed E-state index contributed by atoms with van der Waals surface area (Å²) in [5, 5.41) is 0. The van der Waals surface area contributed by atoms with Crippen LogP contribution in [-0.4, -0.2) is 12.6 Å². The first-order valence-corrected chi connectivity index (χ1v) is 13.3. The minimum Gasteiger partial charge on any atom is -0.465 e. The molecule has 0 N–H and O–H groups in total. The highest BCUT2D eigenvalue weighted by atomic mass is 16.5. The topological polar surface area (TPSA) is 26.3 Å². The van der Waals surface area contributed by atoms with Crippen LogP contribution in [0.4, 0.5) is 0 Å². The summed E-state index contributed by atoms with van der Waals surface area (Å²) in [5.41, 5.74) is 0. The lowest BCUT2D eigenvalue weighted by Gasteiger charge is -2.17. The highest BCUT2D eigenvalue weighted by Gasteiger charge is 2.20. The maximum absolute atomic E-state index is 12.5. The standard InChI is InChI=1S/C28H54O2/c1-6-7-8-9-10-11-12-13-14-15-16-17-18-19-20-27(22-21-25(2)3)28(29)30-24-23-26(4)5/h13-14,25-27H,6-12,15-24H2,1-5H3/b14-13-. The molecule has 178 valence electrons. The lowest BCUT2D eigenvalue weighted by molar-refractivity contribution is -0.149. The van der Waals surface area contributed by atoms with Crippen molar-refractivity contribution in [1.29, 1.82) is 0 Å². The van der Waals surface area contributed by atoms with Crippen molar-refractivity contribution in [2.75, 3.05) is 6.61 Å². The van der Waals surface area contributed by atoms with Crippen LogP contribution in [0.2, 0.25) is 0 Å². The van der Waals surface area contributed by atoms with E-state index in [9.17, 15) is 4.79 Å². The van der Waals surface area contributed by atoms with Gasteiger partial charge >= 0.3 is 5.97 Å². The van der Waals surface area contributed by atoms with Crippen LogP contribution in [0.3, 0.4) is 0 Å². The van der Waals surface area contributed by atoms with Gasteiger partial charge in [0.15, 0.2) is 0 Å². The molecule has 1 atom stereocenters. The Hall–Kier alpha value is -0.790. The molecule has 0 aromatic heterocycles. The van der Waals surface area contributed by atoms with Gasteiger partial charge in [0.05, 0.1) is 12.5 Å². The molecule has 1 unspecified atom stereocenters. The maximum atomic E-state index is 12.5. The normalized spacial score (nSPS) is 12.9. The van der Waals surface area contributed by atoms with E-state index < -0.39 is 0 Å². The van der Waals surface area contributed by atoms with Gasteiger partial charge in [0, 0.05) is 0 Å². The second-order valence-electron chi connectivity index (χ2n) is 10.0. The van der Waals surface area contributed by atoms with Crippen molar-refractivity contribution < 1.29 is 9.53 Å². The fraction of sp³-hybridized carbons (Fsp3) is 0.893. The molecule has 0 aliphatic rings. The molecule has 2 nitrogen and oxygen atoms in total. The second kappa shape index (κ2) is 21.4. The summed E-state index contributed by atoms with van der Waals surface area (Å²) < 4.78 is 5.57. The van der Waals surface area contributed by atoms with E-state index >= 15 is 0 Å². The number of carbonyl (C=O) groups is 1. The van der Waals surface area contributed by atoms with Gasteiger partial charge in [-0.15, -0.1) is 0 Å². The first-order chi connectivity index (χ1) is 14.5. The Bertz CT molecular complexity index is 397. The van der Waals surface area contributed by atoms with Crippen LogP contribution in [0.5, 0.6) is 0 Å². The molecule has 0 heterocycles. The minimum absolute atomic E-state index is 0.0499. The Morgan fingerprint density at radius 3 is 1.77 bits per heavy atom. The van der Waals surface area contributed by atoms with Gasteiger partial charge in [0.25, 0.3) is 0 Å². The molecule has 30 heavy (non-hydrogen) atoms. The average Bonchev–Trinajstić information content (AvgIpc) is 2.69. The average molecular weight is 423 g/mol. The SMILES string of the molecule is CCCCCCCC/C=C\CCCCCCC(CCC(C)C)C(=O)OCCC(C)C. The Morgan fingerprint density at radius 1 is 0.667 bits per heavy atom. The molecule has 0 fully saturated rings. The van der Waals surface area contributed by atoms with E-state index in [2.05, 4.69) is 46.8 Å². The molecular weight excluding hydrogens is 368 g/mol. The zero-order valence-corrected chi connectivity index (χ0v) is 21.2. The van der Waals surface area contributed by atoms with Crippen LogP contribution < -0.4 is 0 Å². The van der Waals surface area contributed by atoms with Gasteiger partial charge in [-0.05, 0) is 56.8 Å². The van der Waals surface area contributed by atoms with Crippen LogP contribution in [0, 0.1) is 17.8 Å². The molecule has 0 saturated carbocycles. The smallest absolute Gasteiger partial charge is 0.308 e. The van der Waals surface area contributed by atoms with E-state index in [1.807, 2.05) is 0 Å². The highest BCUT2D eigenvalue weighted by molar-refractivity contribution is 5.72. The third-order valence-corrected chi connectivity index (χ3v) is 5.93. The Kier molecular flexibility index (Phi) is 20.9. The van der Waals surface area contributed by atoms with E-state index in [0.717, 1.165) is 32.1 Å². The fourth-order valence-electron chi connectivity index (χ4n) is 3.71. The van der Waals surface area contributed by atoms with Gasteiger partial charge in [0.2, 0.25) is 0 Å². The zero-order valence-electron chi connectivity index (χ0n) is 21.2. The summed E-state index contributed by atoms with van der Waals surface area (Å²) in [6.45, 7) is 11.7. The lowest BCUT2D eigenvalue weighted by atomic mass is 9.92. The number of ether oxygens (including phenoxy) is 1. The molecule has 0 bridgehead atoms. The molecular formula is C28H54O2. The van der Waals surface area contributed by atoms with Gasteiger partial charge in [0.1, 0.15) is 0 Å². The Morgan fingerprint density at radius 2 is 1.20 bits per heavy atom. The van der Waals surface area contributed by atoms with Crippen LogP contribution in [-0.2, 0) is 9.53 Å². The molecule has 0 spiro atoms. The predicted octanol–water partition coefficient (Wildman–Crippen LogP) is 9.28. The summed E-state index contributed by atoms with van der Waals surface area (Å²) in [6.07, 6.45) is 24.5. The van der Waals surface area contributed by atoms with Crippen molar-refractivity contribution >= 4 is 5.97 Å². The predicted molar refractivity (Wildman–Crippen MR) is 133 cm³/mol. The Labute approximate surface area is 189 Å². The fourth-order valence-corrected chi connectivity index (χ4v) is 3.71. The van der Waals surface area contributed by atoms with Gasteiger partial charge < -0.3 is 4.74 Å². The molecule has 0 aromatic carbocycles. The largest absolute Gasteiger partial charge is 0.465 e. The van der Waals surface area contributed by atoms with E-state index in [0.29, 0.717) is 18.4 Å². The number of carbonyl (C=O) groups excluding carboxylic acids is 1. The van der Waals surface area contributed by atoms with Gasteiger partial charge in [-0.3, -0.25) is 4.79 Å². The summed E-state index contributed by atoms with van der Waals surface area (Å²) in [7, 11) is 0. The van der Waals surface area contributed by atoms with Crippen LogP contribution in [0.1, 0.15) is 137 Å². The molecule has 0 aromatic rings. The molecule has 0 saturated heterocycles. The van der Waals surface area contributed by atoms with E-state index in [-0.39, 0.29) is 11.9 Å².